The Kier molecular flexibility index (Phi) is 9.09. The number of amides is 2. The summed E-state index contributed by atoms with van der Waals surface area (Å²) >= 11 is 6.18. The molecule has 1 N–H and O–H groups in total. The molecule has 0 bridgehead atoms. The molecule has 2 amide bonds. The summed E-state index contributed by atoms with van der Waals surface area (Å²) in [4.78, 5) is 27.1. The molecule has 3 aromatic rings. The summed E-state index contributed by atoms with van der Waals surface area (Å²) in [7, 11) is 0. The minimum absolute atomic E-state index is 0.0361. The van der Waals surface area contributed by atoms with E-state index >= 15 is 0 Å². The second kappa shape index (κ2) is 11.9. The molecule has 0 spiro atoms. The van der Waals surface area contributed by atoms with Gasteiger partial charge in [0.05, 0.1) is 11.3 Å². The first-order valence-corrected chi connectivity index (χ1v) is 12.4. The van der Waals surface area contributed by atoms with Crippen molar-refractivity contribution in [2.75, 3.05) is 11.9 Å². The molecule has 0 fully saturated rings. The number of nitrogens with zero attached hydrogens (tertiary/aromatic N) is 1. The number of hydrogen-bond acceptors (Lipinski definition) is 3. The van der Waals surface area contributed by atoms with Gasteiger partial charge in [-0.15, -0.1) is 13.2 Å². The molecule has 0 aromatic heterocycles. The molecule has 0 aliphatic carbocycles. The Bertz CT molecular complexity index is 1290. The van der Waals surface area contributed by atoms with Crippen LogP contribution in [0, 0.1) is 0 Å². The molecule has 9 heteroatoms. The first-order chi connectivity index (χ1) is 17.7. The van der Waals surface area contributed by atoms with Crippen LogP contribution in [0.2, 0.25) is 5.02 Å². The predicted octanol–water partition coefficient (Wildman–Crippen LogP) is 7.38. The highest BCUT2D eigenvalue weighted by atomic mass is 35.5. The van der Waals surface area contributed by atoms with E-state index < -0.39 is 6.36 Å². The van der Waals surface area contributed by atoms with Crippen LogP contribution >= 0.6 is 11.6 Å². The van der Waals surface area contributed by atoms with Crippen molar-refractivity contribution in [1.29, 1.82) is 0 Å². The Morgan fingerprint density at radius 1 is 0.947 bits per heavy atom. The average Bonchev–Trinajstić information content (AvgIpc) is 2.81. The number of carbonyl (C=O) groups excluding carboxylic acids is 2. The highest BCUT2D eigenvalue weighted by molar-refractivity contribution is 6.31. The van der Waals surface area contributed by atoms with Gasteiger partial charge < -0.3 is 15.0 Å². The van der Waals surface area contributed by atoms with Crippen LogP contribution in [0.1, 0.15) is 54.7 Å². The SMILES string of the molecule is CC(=O)Nc1ccc(Cl)cc1C(=O)N(CCc1cccc(OC(F)(F)F)c1)Cc1ccc(C(C)(C)C)cc1. The van der Waals surface area contributed by atoms with Crippen LogP contribution in [0.25, 0.3) is 0 Å². The summed E-state index contributed by atoms with van der Waals surface area (Å²) in [5, 5.41) is 2.99. The Hall–Kier alpha value is -3.52. The van der Waals surface area contributed by atoms with Crippen molar-refractivity contribution in [2.24, 2.45) is 0 Å². The predicted molar refractivity (Wildman–Crippen MR) is 142 cm³/mol. The van der Waals surface area contributed by atoms with Gasteiger partial charge in [0, 0.05) is 25.0 Å². The maximum atomic E-state index is 13.7. The molecule has 5 nitrogen and oxygen atoms in total. The van der Waals surface area contributed by atoms with Crippen LogP contribution in [0.15, 0.2) is 66.7 Å². The number of halogens is 4. The van der Waals surface area contributed by atoms with Crippen molar-refractivity contribution in [3.63, 3.8) is 0 Å². The molecular formula is C29H30ClF3N2O3. The smallest absolute Gasteiger partial charge is 0.406 e. The van der Waals surface area contributed by atoms with Crippen molar-refractivity contribution in [3.05, 3.63) is 94.0 Å². The maximum absolute atomic E-state index is 13.7. The van der Waals surface area contributed by atoms with Gasteiger partial charge in [0.1, 0.15) is 5.75 Å². The van der Waals surface area contributed by atoms with Gasteiger partial charge in [0.2, 0.25) is 5.91 Å². The van der Waals surface area contributed by atoms with Gasteiger partial charge in [-0.2, -0.15) is 0 Å². The Morgan fingerprint density at radius 3 is 2.24 bits per heavy atom. The number of rotatable bonds is 8. The molecule has 38 heavy (non-hydrogen) atoms. The summed E-state index contributed by atoms with van der Waals surface area (Å²) in [6.07, 6.45) is -4.52. The lowest BCUT2D eigenvalue weighted by atomic mass is 9.87. The van der Waals surface area contributed by atoms with Crippen LogP contribution in [-0.2, 0) is 23.2 Å². The van der Waals surface area contributed by atoms with Crippen molar-refractivity contribution in [1.82, 2.24) is 4.90 Å². The molecule has 202 valence electrons. The van der Waals surface area contributed by atoms with E-state index in [0.29, 0.717) is 16.3 Å². The van der Waals surface area contributed by atoms with Crippen LogP contribution in [0.5, 0.6) is 5.75 Å². The second-order valence-electron chi connectivity index (χ2n) is 9.99. The molecule has 0 saturated heterocycles. The lowest BCUT2D eigenvalue weighted by Gasteiger charge is -2.25. The normalized spacial score (nSPS) is 11.7. The van der Waals surface area contributed by atoms with Gasteiger partial charge in [-0.25, -0.2) is 0 Å². The zero-order valence-electron chi connectivity index (χ0n) is 21.7. The number of carbonyl (C=O) groups is 2. The van der Waals surface area contributed by atoms with E-state index in [2.05, 4.69) is 30.8 Å². The van der Waals surface area contributed by atoms with E-state index in [1.807, 2.05) is 24.3 Å². The Balaban J connectivity index is 1.91. The number of alkyl halides is 3. The summed E-state index contributed by atoms with van der Waals surface area (Å²) in [6.45, 7) is 8.11. The Morgan fingerprint density at radius 2 is 1.63 bits per heavy atom. The zero-order valence-corrected chi connectivity index (χ0v) is 22.4. The van der Waals surface area contributed by atoms with Gasteiger partial charge >= 0.3 is 6.36 Å². The summed E-state index contributed by atoms with van der Waals surface area (Å²) in [5.74, 6) is -1.04. The number of ether oxygens (including phenoxy) is 1. The third-order valence-electron chi connectivity index (χ3n) is 5.81. The average molecular weight is 547 g/mol. The summed E-state index contributed by atoms with van der Waals surface area (Å²) < 4.78 is 42.0. The quantitative estimate of drug-likeness (QED) is 0.321. The monoisotopic (exact) mass is 546 g/mol. The van der Waals surface area contributed by atoms with Crippen LogP contribution in [0.3, 0.4) is 0 Å². The molecule has 0 aliphatic heterocycles. The second-order valence-corrected chi connectivity index (χ2v) is 10.4. The van der Waals surface area contributed by atoms with Gasteiger partial charge in [-0.05, 0) is 58.9 Å². The first-order valence-electron chi connectivity index (χ1n) is 12.0. The van der Waals surface area contributed by atoms with Crippen LogP contribution < -0.4 is 10.1 Å². The Labute approximate surface area is 225 Å². The third kappa shape index (κ3) is 8.52. The first kappa shape index (κ1) is 29.0. The summed E-state index contributed by atoms with van der Waals surface area (Å²) in [5.41, 5.74) is 3.09. The molecule has 0 heterocycles. The fourth-order valence-electron chi connectivity index (χ4n) is 3.91. The van der Waals surface area contributed by atoms with Gasteiger partial charge in [0.25, 0.3) is 5.91 Å². The highest BCUT2D eigenvalue weighted by Crippen LogP contribution is 2.27. The molecule has 3 rings (SSSR count). The molecular weight excluding hydrogens is 517 g/mol. The fraction of sp³-hybridized carbons (Fsp3) is 0.310. The van der Waals surface area contributed by atoms with E-state index in [4.69, 9.17) is 11.6 Å². The number of hydrogen-bond donors (Lipinski definition) is 1. The highest BCUT2D eigenvalue weighted by Gasteiger charge is 2.31. The van der Waals surface area contributed by atoms with Crippen LogP contribution in [0.4, 0.5) is 18.9 Å². The molecule has 3 aromatic carbocycles. The van der Waals surface area contributed by atoms with Gasteiger partial charge in [-0.3, -0.25) is 9.59 Å². The molecule has 0 saturated carbocycles. The van der Waals surface area contributed by atoms with Crippen molar-refractivity contribution in [3.8, 4) is 5.75 Å². The molecule has 0 radical (unpaired) electrons. The minimum atomic E-state index is -4.80. The number of benzene rings is 3. The summed E-state index contributed by atoms with van der Waals surface area (Å²) in [6, 6.07) is 18.2. The topological polar surface area (TPSA) is 58.6 Å². The zero-order chi connectivity index (χ0) is 28.1. The number of nitrogens with one attached hydrogen (secondary N) is 1. The lowest BCUT2D eigenvalue weighted by molar-refractivity contribution is -0.274. The largest absolute Gasteiger partial charge is 0.573 e. The van der Waals surface area contributed by atoms with Crippen molar-refractivity contribution < 1.29 is 27.5 Å². The fourth-order valence-corrected chi connectivity index (χ4v) is 4.08. The van der Waals surface area contributed by atoms with Crippen molar-refractivity contribution in [2.45, 2.75) is 52.4 Å². The molecule has 0 unspecified atom stereocenters. The van der Waals surface area contributed by atoms with E-state index in [1.165, 1.54) is 31.2 Å². The van der Waals surface area contributed by atoms with E-state index in [0.717, 1.165) is 11.1 Å². The van der Waals surface area contributed by atoms with Crippen LogP contribution in [-0.4, -0.2) is 29.6 Å². The minimum Gasteiger partial charge on any atom is -0.406 e. The number of anilines is 1. The van der Waals surface area contributed by atoms with E-state index in [9.17, 15) is 22.8 Å². The van der Waals surface area contributed by atoms with E-state index in [1.54, 1.807) is 23.1 Å². The van der Waals surface area contributed by atoms with E-state index in [-0.39, 0.29) is 48.1 Å². The van der Waals surface area contributed by atoms with Gasteiger partial charge in [-0.1, -0.05) is 68.8 Å². The molecule has 0 aliphatic rings. The lowest BCUT2D eigenvalue weighted by Crippen LogP contribution is -2.33. The maximum Gasteiger partial charge on any atom is 0.573 e. The standard InChI is InChI=1S/C29H30ClF3N2O3/c1-19(36)34-26-13-12-23(30)17-25(26)27(37)35(18-21-8-10-22(11-9-21)28(2,3)4)15-14-20-6-5-7-24(16-20)38-29(31,32)33/h5-13,16-17H,14-15,18H2,1-4H3,(H,34,36). The molecule has 0 atom stereocenters. The van der Waals surface area contributed by atoms with Crippen molar-refractivity contribution >= 4 is 29.1 Å². The van der Waals surface area contributed by atoms with Gasteiger partial charge in [0.15, 0.2) is 0 Å². The third-order valence-corrected chi connectivity index (χ3v) is 6.04.